The van der Waals surface area contributed by atoms with Crippen LogP contribution in [0.4, 0.5) is 0 Å². The fourth-order valence-electron chi connectivity index (χ4n) is 3.12. The van der Waals surface area contributed by atoms with E-state index in [2.05, 4.69) is 36.1 Å². The number of benzene rings is 1. The quantitative estimate of drug-likeness (QED) is 0.557. The Bertz CT molecular complexity index is 393. The van der Waals surface area contributed by atoms with Crippen molar-refractivity contribution in [3.63, 3.8) is 0 Å². The van der Waals surface area contributed by atoms with Crippen molar-refractivity contribution in [2.45, 2.75) is 25.7 Å². The molecule has 0 nitrogen and oxygen atoms in total. The van der Waals surface area contributed by atoms with Gasteiger partial charge < -0.3 is 0 Å². The molecule has 2 fully saturated rings. The second-order valence-corrected chi connectivity index (χ2v) is 4.92. The second kappa shape index (κ2) is 3.74. The van der Waals surface area contributed by atoms with Crippen molar-refractivity contribution in [1.29, 1.82) is 0 Å². The van der Waals surface area contributed by atoms with Gasteiger partial charge in [-0.05, 0) is 43.2 Å². The van der Waals surface area contributed by atoms with E-state index >= 15 is 0 Å². The molecule has 76 valence electrons. The maximum Gasteiger partial charge on any atom is 0.0245 e. The molecule has 2 unspecified atom stereocenters. The zero-order chi connectivity index (χ0) is 10.1. The first-order valence-corrected chi connectivity index (χ1v) is 5.98. The highest BCUT2D eigenvalue weighted by Crippen LogP contribution is 2.47. The molecular weight excluding hydrogens is 180 g/mol. The minimum absolute atomic E-state index is 0.698. The van der Waals surface area contributed by atoms with Gasteiger partial charge in [0.15, 0.2) is 0 Å². The molecule has 1 aromatic carbocycles. The summed E-state index contributed by atoms with van der Waals surface area (Å²) in [6.45, 7) is 0. The van der Waals surface area contributed by atoms with Crippen LogP contribution in [0.1, 0.15) is 31.2 Å². The highest BCUT2D eigenvalue weighted by atomic mass is 14.4. The van der Waals surface area contributed by atoms with Gasteiger partial charge in [-0.2, -0.15) is 0 Å². The van der Waals surface area contributed by atoms with Crippen LogP contribution in [0.2, 0.25) is 0 Å². The molecule has 2 aliphatic carbocycles. The summed E-state index contributed by atoms with van der Waals surface area (Å²) in [6.07, 6.45) is 5.71. The molecule has 0 N–H and O–H groups in total. The van der Waals surface area contributed by atoms with Crippen molar-refractivity contribution in [3.8, 4) is 11.8 Å². The summed E-state index contributed by atoms with van der Waals surface area (Å²) in [7, 11) is 0. The van der Waals surface area contributed by atoms with Gasteiger partial charge in [-0.3, -0.25) is 0 Å². The van der Waals surface area contributed by atoms with Crippen molar-refractivity contribution < 1.29 is 0 Å². The predicted molar refractivity (Wildman–Crippen MR) is 62.3 cm³/mol. The van der Waals surface area contributed by atoms with E-state index in [1.165, 1.54) is 31.2 Å². The smallest absolute Gasteiger partial charge is 0.0245 e. The summed E-state index contributed by atoms with van der Waals surface area (Å²) in [5, 5.41) is 0. The first-order valence-electron chi connectivity index (χ1n) is 5.98. The van der Waals surface area contributed by atoms with Crippen LogP contribution in [-0.2, 0) is 0 Å². The van der Waals surface area contributed by atoms with Gasteiger partial charge in [0.1, 0.15) is 0 Å². The van der Waals surface area contributed by atoms with E-state index in [1.807, 2.05) is 6.07 Å². The number of hydrogen-bond donors (Lipinski definition) is 0. The molecule has 1 aromatic rings. The standard InChI is InChI=1S/C15H16/c1-2-4-12(5-3-1)6-8-14-10-13-7-9-15(14)11-13/h1-5,13-15H,7,9-11H2/t13?,14-,15?/m1/s1. The molecule has 0 spiro atoms. The molecule has 0 radical (unpaired) electrons. The van der Waals surface area contributed by atoms with Crippen LogP contribution in [0, 0.1) is 29.6 Å². The van der Waals surface area contributed by atoms with Crippen LogP contribution in [0.5, 0.6) is 0 Å². The van der Waals surface area contributed by atoms with Crippen molar-refractivity contribution >= 4 is 0 Å². The average Bonchev–Trinajstić information content (AvgIpc) is 2.89. The lowest BCUT2D eigenvalue weighted by molar-refractivity contribution is 0.406. The van der Waals surface area contributed by atoms with Gasteiger partial charge in [0.05, 0.1) is 0 Å². The lowest BCUT2D eigenvalue weighted by Crippen LogP contribution is -2.07. The summed E-state index contributed by atoms with van der Waals surface area (Å²) in [6, 6.07) is 10.4. The Balaban J connectivity index is 1.74. The Morgan fingerprint density at radius 1 is 1.00 bits per heavy atom. The van der Waals surface area contributed by atoms with Crippen molar-refractivity contribution in [3.05, 3.63) is 35.9 Å². The molecule has 0 heterocycles. The lowest BCUT2D eigenvalue weighted by Gasteiger charge is -2.15. The second-order valence-electron chi connectivity index (χ2n) is 4.92. The van der Waals surface area contributed by atoms with Crippen LogP contribution in [0.15, 0.2) is 30.3 Å². The van der Waals surface area contributed by atoms with Gasteiger partial charge in [-0.1, -0.05) is 36.5 Å². The van der Waals surface area contributed by atoms with Crippen molar-refractivity contribution in [2.24, 2.45) is 17.8 Å². The van der Waals surface area contributed by atoms with E-state index in [0.717, 1.165) is 11.8 Å². The van der Waals surface area contributed by atoms with E-state index in [-0.39, 0.29) is 0 Å². The maximum absolute atomic E-state index is 3.48. The van der Waals surface area contributed by atoms with E-state index in [0.29, 0.717) is 5.92 Å². The molecule has 2 saturated carbocycles. The van der Waals surface area contributed by atoms with Crippen molar-refractivity contribution in [1.82, 2.24) is 0 Å². The third-order valence-corrected chi connectivity index (χ3v) is 3.91. The van der Waals surface area contributed by atoms with E-state index < -0.39 is 0 Å². The molecule has 0 saturated heterocycles. The Morgan fingerprint density at radius 3 is 2.53 bits per heavy atom. The average molecular weight is 196 g/mol. The predicted octanol–water partition coefficient (Wildman–Crippen LogP) is 3.47. The van der Waals surface area contributed by atoms with Gasteiger partial charge in [0.25, 0.3) is 0 Å². The minimum Gasteiger partial charge on any atom is -0.0942 e. The van der Waals surface area contributed by atoms with Crippen LogP contribution in [0.25, 0.3) is 0 Å². The monoisotopic (exact) mass is 196 g/mol. The summed E-state index contributed by atoms with van der Waals surface area (Å²) in [5.74, 6) is 9.43. The Hall–Kier alpha value is -1.22. The van der Waals surface area contributed by atoms with Gasteiger partial charge in [0.2, 0.25) is 0 Å². The van der Waals surface area contributed by atoms with Crippen LogP contribution < -0.4 is 0 Å². The van der Waals surface area contributed by atoms with Gasteiger partial charge in [-0.25, -0.2) is 0 Å². The molecule has 2 bridgehead atoms. The fraction of sp³-hybridized carbons (Fsp3) is 0.467. The summed E-state index contributed by atoms with van der Waals surface area (Å²) in [5.41, 5.74) is 1.17. The first kappa shape index (κ1) is 9.04. The normalized spacial score (nSPS) is 32.4. The molecule has 3 rings (SSSR count). The van der Waals surface area contributed by atoms with Crippen LogP contribution in [0.3, 0.4) is 0 Å². The SMILES string of the molecule is C(#C[C@@H]1CC2CCC1C2)c1ccccc1. The van der Waals surface area contributed by atoms with Crippen molar-refractivity contribution in [2.75, 3.05) is 0 Å². The molecule has 15 heavy (non-hydrogen) atoms. The van der Waals surface area contributed by atoms with E-state index in [9.17, 15) is 0 Å². The molecule has 0 aromatic heterocycles. The fourth-order valence-corrected chi connectivity index (χ4v) is 3.12. The first-order chi connectivity index (χ1) is 7.42. The maximum atomic E-state index is 3.48. The summed E-state index contributed by atoms with van der Waals surface area (Å²) < 4.78 is 0. The van der Waals surface area contributed by atoms with Gasteiger partial charge in [-0.15, -0.1) is 0 Å². The zero-order valence-corrected chi connectivity index (χ0v) is 8.95. The Kier molecular flexibility index (Phi) is 2.25. The molecule has 0 aliphatic heterocycles. The number of rotatable bonds is 0. The molecule has 0 heteroatoms. The lowest BCUT2D eigenvalue weighted by atomic mass is 9.89. The minimum atomic E-state index is 0.698. The van der Waals surface area contributed by atoms with Crippen LogP contribution in [-0.4, -0.2) is 0 Å². The molecule has 2 aliphatic rings. The highest BCUT2D eigenvalue weighted by Gasteiger charge is 2.38. The Morgan fingerprint density at radius 2 is 1.87 bits per heavy atom. The number of hydrogen-bond acceptors (Lipinski definition) is 0. The topological polar surface area (TPSA) is 0 Å². The van der Waals surface area contributed by atoms with E-state index in [4.69, 9.17) is 0 Å². The van der Waals surface area contributed by atoms with Gasteiger partial charge >= 0.3 is 0 Å². The van der Waals surface area contributed by atoms with Crippen LogP contribution >= 0.6 is 0 Å². The largest absolute Gasteiger partial charge is 0.0942 e. The number of fused-ring (bicyclic) bond motifs is 2. The highest BCUT2D eigenvalue weighted by molar-refractivity contribution is 5.34. The molecule has 3 atom stereocenters. The molecular formula is C15H16. The zero-order valence-electron chi connectivity index (χ0n) is 8.95. The third kappa shape index (κ3) is 1.79. The van der Waals surface area contributed by atoms with Gasteiger partial charge in [0, 0.05) is 11.5 Å². The summed E-state index contributed by atoms with van der Waals surface area (Å²) >= 11 is 0. The third-order valence-electron chi connectivity index (χ3n) is 3.91. The summed E-state index contributed by atoms with van der Waals surface area (Å²) in [4.78, 5) is 0. The Labute approximate surface area is 91.7 Å². The van der Waals surface area contributed by atoms with E-state index in [1.54, 1.807) is 0 Å². The molecule has 0 amide bonds.